The molecule has 6 nitrogen and oxygen atoms in total. The van der Waals surface area contributed by atoms with E-state index in [1.807, 2.05) is 13.8 Å². The smallest absolute Gasteiger partial charge is 0.191 e. The number of ether oxygens (including phenoxy) is 3. The summed E-state index contributed by atoms with van der Waals surface area (Å²) in [7, 11) is 1.72. The highest BCUT2D eigenvalue weighted by molar-refractivity contribution is 5.79. The fraction of sp³-hybridized carbons (Fsp3) is 0.667. The van der Waals surface area contributed by atoms with Gasteiger partial charge in [-0.3, -0.25) is 0 Å². The molecule has 152 valence electrons. The molecule has 0 aliphatic carbocycles. The van der Waals surface area contributed by atoms with Crippen molar-refractivity contribution < 1.29 is 14.2 Å². The van der Waals surface area contributed by atoms with Crippen LogP contribution in [0.2, 0.25) is 0 Å². The van der Waals surface area contributed by atoms with Gasteiger partial charge in [-0.05, 0) is 44.7 Å². The maximum absolute atomic E-state index is 5.97. The second kappa shape index (κ2) is 11.3. The number of hydrogen-bond donors (Lipinski definition) is 2. The minimum absolute atomic E-state index is 0.234. The van der Waals surface area contributed by atoms with E-state index in [4.69, 9.17) is 14.2 Å². The van der Waals surface area contributed by atoms with E-state index in [0.29, 0.717) is 25.8 Å². The largest absolute Gasteiger partial charge is 0.381 e. The molecule has 0 saturated carbocycles. The summed E-state index contributed by atoms with van der Waals surface area (Å²) in [6.07, 6.45) is 2.31. The molecule has 0 radical (unpaired) electrons. The average molecular weight is 378 g/mol. The van der Waals surface area contributed by atoms with Gasteiger partial charge in [0.2, 0.25) is 0 Å². The minimum Gasteiger partial charge on any atom is -0.381 e. The first kappa shape index (κ1) is 21.7. The number of aliphatic imine (C=N–C) groups is 1. The van der Waals surface area contributed by atoms with Crippen molar-refractivity contribution >= 4 is 5.96 Å². The highest BCUT2D eigenvalue weighted by atomic mass is 16.5. The molecule has 1 saturated heterocycles. The summed E-state index contributed by atoms with van der Waals surface area (Å²) in [5.74, 6) is 0.801. The average Bonchev–Trinajstić information content (AvgIpc) is 2.70. The second-order valence-electron chi connectivity index (χ2n) is 7.45. The third-order valence-corrected chi connectivity index (χ3v) is 4.68. The van der Waals surface area contributed by atoms with Gasteiger partial charge in [0.05, 0.1) is 24.9 Å². The Morgan fingerprint density at radius 1 is 1.15 bits per heavy atom. The van der Waals surface area contributed by atoms with Gasteiger partial charge < -0.3 is 24.8 Å². The van der Waals surface area contributed by atoms with Crippen LogP contribution in [-0.4, -0.2) is 51.1 Å². The van der Waals surface area contributed by atoms with E-state index in [-0.39, 0.29) is 5.60 Å². The molecule has 0 aromatic heterocycles. The van der Waals surface area contributed by atoms with Crippen LogP contribution < -0.4 is 10.6 Å². The summed E-state index contributed by atoms with van der Waals surface area (Å²) in [5, 5.41) is 6.60. The number of hydrogen-bond acceptors (Lipinski definition) is 4. The fourth-order valence-electron chi connectivity index (χ4n) is 2.68. The Labute approximate surface area is 163 Å². The lowest BCUT2D eigenvalue weighted by molar-refractivity contribution is -0.0390. The van der Waals surface area contributed by atoms with Gasteiger partial charge in [0.25, 0.3) is 0 Å². The summed E-state index contributed by atoms with van der Waals surface area (Å²) in [4.78, 5) is 4.66. The highest BCUT2D eigenvalue weighted by Gasteiger charge is 2.16. The standard InChI is InChI=1S/C21H35N3O3/c1-5-22-20(24-16-21(2,3)25-4)23-14-17-6-8-18(9-7-17)15-27-19-10-12-26-13-11-19/h6-9,19H,5,10-16H2,1-4H3,(H2,22,23,24). The molecule has 6 heteroatoms. The van der Waals surface area contributed by atoms with E-state index in [1.54, 1.807) is 7.11 Å². The van der Waals surface area contributed by atoms with Crippen LogP contribution in [0.3, 0.4) is 0 Å². The van der Waals surface area contributed by atoms with Crippen LogP contribution in [0.15, 0.2) is 29.3 Å². The summed E-state index contributed by atoms with van der Waals surface area (Å²) < 4.78 is 16.8. The van der Waals surface area contributed by atoms with E-state index in [9.17, 15) is 0 Å². The van der Waals surface area contributed by atoms with Crippen LogP contribution in [0.5, 0.6) is 0 Å². The van der Waals surface area contributed by atoms with E-state index in [1.165, 1.54) is 11.1 Å². The number of rotatable bonds is 9. The van der Waals surface area contributed by atoms with Crippen LogP contribution in [0.4, 0.5) is 0 Å². The molecule has 1 aromatic rings. The molecule has 1 aliphatic heterocycles. The van der Waals surface area contributed by atoms with Crippen molar-refractivity contribution in [2.75, 3.05) is 33.4 Å². The molecule has 27 heavy (non-hydrogen) atoms. The molecule has 2 N–H and O–H groups in total. The zero-order valence-electron chi connectivity index (χ0n) is 17.2. The molecule has 1 heterocycles. The lowest BCUT2D eigenvalue weighted by Gasteiger charge is -2.24. The van der Waals surface area contributed by atoms with Crippen LogP contribution in [0.25, 0.3) is 0 Å². The van der Waals surface area contributed by atoms with Gasteiger partial charge in [0, 0.05) is 33.4 Å². The first-order valence-electron chi connectivity index (χ1n) is 9.87. The fourth-order valence-corrected chi connectivity index (χ4v) is 2.68. The lowest BCUT2D eigenvalue weighted by Crippen LogP contribution is -2.45. The number of nitrogens with one attached hydrogen (secondary N) is 2. The molecule has 0 bridgehead atoms. The normalized spacial score (nSPS) is 16.4. The monoisotopic (exact) mass is 377 g/mol. The summed E-state index contributed by atoms with van der Waals surface area (Å²) in [5.41, 5.74) is 2.14. The predicted octanol–water partition coefficient (Wildman–Crippen LogP) is 2.86. The molecule has 0 atom stereocenters. The van der Waals surface area contributed by atoms with Crippen LogP contribution in [-0.2, 0) is 27.4 Å². The molecular formula is C21H35N3O3. The Balaban J connectivity index is 1.82. The number of benzene rings is 1. The molecule has 1 aromatic carbocycles. The Bertz CT molecular complexity index is 567. The maximum Gasteiger partial charge on any atom is 0.191 e. The minimum atomic E-state index is -0.234. The van der Waals surface area contributed by atoms with Crippen molar-refractivity contribution in [1.82, 2.24) is 10.6 Å². The van der Waals surface area contributed by atoms with Crippen molar-refractivity contribution in [2.24, 2.45) is 4.99 Å². The lowest BCUT2D eigenvalue weighted by atomic mass is 10.1. The van der Waals surface area contributed by atoms with E-state index >= 15 is 0 Å². The van der Waals surface area contributed by atoms with Gasteiger partial charge in [-0.25, -0.2) is 4.99 Å². The topological polar surface area (TPSA) is 64.1 Å². The third kappa shape index (κ3) is 8.28. The van der Waals surface area contributed by atoms with Gasteiger partial charge in [0.15, 0.2) is 5.96 Å². The Kier molecular flexibility index (Phi) is 9.04. The van der Waals surface area contributed by atoms with Crippen molar-refractivity contribution in [3.05, 3.63) is 35.4 Å². The van der Waals surface area contributed by atoms with Crippen LogP contribution >= 0.6 is 0 Å². The van der Waals surface area contributed by atoms with Crippen LogP contribution in [0, 0.1) is 0 Å². The molecular weight excluding hydrogens is 342 g/mol. The zero-order chi connectivity index (χ0) is 19.5. The predicted molar refractivity (Wildman–Crippen MR) is 109 cm³/mol. The molecule has 0 spiro atoms. The molecule has 0 unspecified atom stereocenters. The quantitative estimate of drug-likeness (QED) is 0.512. The molecule has 1 aliphatic rings. The van der Waals surface area contributed by atoms with Gasteiger partial charge >= 0.3 is 0 Å². The first-order chi connectivity index (χ1) is 13.0. The number of guanidine groups is 1. The summed E-state index contributed by atoms with van der Waals surface area (Å²) in [6, 6.07) is 8.49. The van der Waals surface area contributed by atoms with Gasteiger partial charge in [-0.1, -0.05) is 24.3 Å². The zero-order valence-corrected chi connectivity index (χ0v) is 17.2. The molecule has 0 amide bonds. The van der Waals surface area contributed by atoms with Gasteiger partial charge in [0.1, 0.15) is 0 Å². The number of methoxy groups -OCH3 is 1. The van der Waals surface area contributed by atoms with E-state index < -0.39 is 0 Å². The number of nitrogens with zero attached hydrogens (tertiary/aromatic N) is 1. The SMILES string of the molecule is CCNC(=NCc1ccc(COC2CCOCC2)cc1)NCC(C)(C)OC. The highest BCUT2D eigenvalue weighted by Crippen LogP contribution is 2.14. The Hall–Kier alpha value is -1.63. The van der Waals surface area contributed by atoms with Crippen molar-refractivity contribution in [1.29, 1.82) is 0 Å². The Morgan fingerprint density at radius 2 is 1.81 bits per heavy atom. The second-order valence-corrected chi connectivity index (χ2v) is 7.45. The molecule has 1 fully saturated rings. The maximum atomic E-state index is 5.97. The Morgan fingerprint density at radius 3 is 2.44 bits per heavy atom. The first-order valence-corrected chi connectivity index (χ1v) is 9.87. The molecule has 2 rings (SSSR count). The van der Waals surface area contributed by atoms with Crippen LogP contribution in [0.1, 0.15) is 44.7 Å². The van der Waals surface area contributed by atoms with E-state index in [2.05, 4.69) is 46.8 Å². The summed E-state index contributed by atoms with van der Waals surface area (Å²) >= 11 is 0. The van der Waals surface area contributed by atoms with Crippen molar-refractivity contribution in [3.8, 4) is 0 Å². The van der Waals surface area contributed by atoms with Crippen molar-refractivity contribution in [2.45, 2.75) is 58.5 Å². The van der Waals surface area contributed by atoms with Gasteiger partial charge in [-0.15, -0.1) is 0 Å². The van der Waals surface area contributed by atoms with Crippen molar-refractivity contribution in [3.63, 3.8) is 0 Å². The summed E-state index contributed by atoms with van der Waals surface area (Å²) in [6.45, 7) is 10.6. The third-order valence-electron chi connectivity index (χ3n) is 4.68. The van der Waals surface area contributed by atoms with E-state index in [0.717, 1.165) is 38.6 Å². The van der Waals surface area contributed by atoms with Gasteiger partial charge in [-0.2, -0.15) is 0 Å².